The summed E-state index contributed by atoms with van der Waals surface area (Å²) in [6.07, 6.45) is 6.75. The van der Waals surface area contributed by atoms with Gasteiger partial charge in [-0.15, -0.1) is 0 Å². The van der Waals surface area contributed by atoms with Crippen LogP contribution >= 0.6 is 0 Å². The van der Waals surface area contributed by atoms with Gasteiger partial charge in [-0.05, 0) is 57.4 Å². The second-order valence-corrected chi connectivity index (χ2v) is 5.74. The van der Waals surface area contributed by atoms with Crippen molar-refractivity contribution in [2.45, 2.75) is 52.0 Å². The lowest BCUT2D eigenvalue weighted by atomic mass is 9.81. The van der Waals surface area contributed by atoms with Gasteiger partial charge in [0.2, 0.25) is 0 Å². The summed E-state index contributed by atoms with van der Waals surface area (Å²) in [5.74, 6) is 2.45. The Morgan fingerprint density at radius 3 is 2.33 bits per heavy atom. The maximum atomic E-state index is 5.76. The number of hydrogen-bond donors (Lipinski definition) is 1. The maximum Gasteiger partial charge on any atom is 0.161 e. The number of ether oxygens (including phenoxy) is 2. The molecule has 1 N–H and O–H groups in total. The van der Waals surface area contributed by atoms with Crippen LogP contribution in [0, 0.1) is 5.92 Å². The molecule has 1 aliphatic rings. The van der Waals surface area contributed by atoms with Crippen LogP contribution in [0.2, 0.25) is 0 Å². The molecule has 0 radical (unpaired) electrons. The molecular weight excluding hydrogens is 262 g/mol. The molecule has 0 amide bonds. The van der Waals surface area contributed by atoms with Gasteiger partial charge in [-0.1, -0.05) is 25.3 Å². The molecule has 0 bridgehead atoms. The highest BCUT2D eigenvalue weighted by Gasteiger charge is 2.24. The van der Waals surface area contributed by atoms with Crippen LogP contribution in [0.1, 0.15) is 57.6 Å². The van der Waals surface area contributed by atoms with Crippen LogP contribution in [-0.4, -0.2) is 20.3 Å². The van der Waals surface area contributed by atoms with Gasteiger partial charge in [-0.25, -0.2) is 0 Å². The Labute approximate surface area is 129 Å². The highest BCUT2D eigenvalue weighted by atomic mass is 16.5. The van der Waals surface area contributed by atoms with Gasteiger partial charge in [0.25, 0.3) is 0 Å². The molecule has 0 spiro atoms. The molecule has 21 heavy (non-hydrogen) atoms. The average Bonchev–Trinajstić information content (AvgIpc) is 2.52. The molecule has 1 aromatic carbocycles. The van der Waals surface area contributed by atoms with Gasteiger partial charge in [0.1, 0.15) is 0 Å². The van der Waals surface area contributed by atoms with E-state index >= 15 is 0 Å². The molecule has 118 valence electrons. The predicted molar refractivity (Wildman–Crippen MR) is 87.2 cm³/mol. The van der Waals surface area contributed by atoms with Gasteiger partial charge < -0.3 is 14.8 Å². The summed E-state index contributed by atoms with van der Waals surface area (Å²) < 4.78 is 11.4. The van der Waals surface area contributed by atoms with Crippen LogP contribution in [0.4, 0.5) is 0 Å². The quantitative estimate of drug-likeness (QED) is 0.811. The van der Waals surface area contributed by atoms with Gasteiger partial charge in [0, 0.05) is 6.04 Å². The third-order valence-corrected chi connectivity index (χ3v) is 4.36. The molecule has 1 atom stereocenters. The molecule has 0 heterocycles. The molecule has 1 unspecified atom stereocenters. The van der Waals surface area contributed by atoms with Crippen LogP contribution in [0.3, 0.4) is 0 Å². The van der Waals surface area contributed by atoms with E-state index in [1.165, 1.54) is 37.7 Å². The lowest BCUT2D eigenvalue weighted by Gasteiger charge is -2.30. The minimum Gasteiger partial charge on any atom is -0.490 e. The molecule has 1 fully saturated rings. The van der Waals surface area contributed by atoms with Crippen LogP contribution in [0.15, 0.2) is 18.2 Å². The summed E-state index contributed by atoms with van der Waals surface area (Å²) in [6, 6.07) is 6.81. The smallest absolute Gasteiger partial charge is 0.161 e. The van der Waals surface area contributed by atoms with Crippen LogP contribution in [0.5, 0.6) is 11.5 Å². The molecular formula is C18H29NO2. The molecule has 3 heteroatoms. The van der Waals surface area contributed by atoms with E-state index in [4.69, 9.17) is 9.47 Å². The van der Waals surface area contributed by atoms with Crippen molar-refractivity contribution >= 4 is 0 Å². The molecule has 2 rings (SSSR count). The Morgan fingerprint density at radius 2 is 1.71 bits per heavy atom. The molecule has 0 aromatic heterocycles. The standard InChI is InChI=1S/C18H29NO2/c1-4-20-16-12-11-15(13-17(16)21-5-2)18(19-3)14-9-7-6-8-10-14/h11-14,18-19H,4-10H2,1-3H3. The molecule has 1 aliphatic carbocycles. The lowest BCUT2D eigenvalue weighted by molar-refractivity contribution is 0.275. The Morgan fingerprint density at radius 1 is 1.05 bits per heavy atom. The van der Waals surface area contributed by atoms with Crippen molar-refractivity contribution in [2.75, 3.05) is 20.3 Å². The fourth-order valence-electron chi connectivity index (χ4n) is 3.40. The fourth-order valence-corrected chi connectivity index (χ4v) is 3.40. The lowest BCUT2D eigenvalue weighted by Crippen LogP contribution is -2.27. The van der Waals surface area contributed by atoms with Crippen molar-refractivity contribution in [3.63, 3.8) is 0 Å². The van der Waals surface area contributed by atoms with Crippen LogP contribution < -0.4 is 14.8 Å². The van der Waals surface area contributed by atoms with Crippen molar-refractivity contribution in [2.24, 2.45) is 5.92 Å². The Bertz CT molecular complexity index is 427. The zero-order valence-corrected chi connectivity index (χ0v) is 13.7. The summed E-state index contributed by atoms with van der Waals surface area (Å²) >= 11 is 0. The fraction of sp³-hybridized carbons (Fsp3) is 0.667. The number of benzene rings is 1. The topological polar surface area (TPSA) is 30.5 Å². The van der Waals surface area contributed by atoms with Gasteiger partial charge >= 0.3 is 0 Å². The Balaban J connectivity index is 2.21. The Kier molecular flexibility index (Phi) is 6.37. The first-order valence-corrected chi connectivity index (χ1v) is 8.37. The minimum absolute atomic E-state index is 0.417. The van der Waals surface area contributed by atoms with Crippen molar-refractivity contribution in [1.82, 2.24) is 5.32 Å². The first-order chi connectivity index (χ1) is 10.3. The summed E-state index contributed by atoms with van der Waals surface area (Å²) in [7, 11) is 2.07. The third kappa shape index (κ3) is 4.13. The SMILES string of the molecule is CCOc1ccc(C(NC)C2CCCCC2)cc1OCC. The number of rotatable bonds is 7. The van der Waals surface area contributed by atoms with E-state index in [1.54, 1.807) is 0 Å². The minimum atomic E-state index is 0.417. The average molecular weight is 291 g/mol. The molecule has 1 aromatic rings. The van der Waals surface area contributed by atoms with Crippen molar-refractivity contribution in [3.05, 3.63) is 23.8 Å². The van der Waals surface area contributed by atoms with E-state index < -0.39 is 0 Å². The molecule has 0 saturated heterocycles. The first kappa shape index (κ1) is 16.2. The zero-order chi connectivity index (χ0) is 15.1. The molecule has 3 nitrogen and oxygen atoms in total. The van der Waals surface area contributed by atoms with Crippen molar-refractivity contribution in [3.8, 4) is 11.5 Å². The van der Waals surface area contributed by atoms with E-state index in [-0.39, 0.29) is 0 Å². The normalized spacial score (nSPS) is 17.5. The predicted octanol–water partition coefficient (Wildman–Crippen LogP) is 4.32. The number of hydrogen-bond acceptors (Lipinski definition) is 3. The van der Waals surface area contributed by atoms with E-state index in [0.717, 1.165) is 17.4 Å². The van der Waals surface area contributed by atoms with Gasteiger partial charge in [-0.3, -0.25) is 0 Å². The largest absolute Gasteiger partial charge is 0.490 e. The first-order valence-electron chi connectivity index (χ1n) is 8.37. The summed E-state index contributed by atoms with van der Waals surface area (Å²) in [5, 5.41) is 3.51. The zero-order valence-electron chi connectivity index (χ0n) is 13.7. The van der Waals surface area contributed by atoms with Gasteiger partial charge in [-0.2, -0.15) is 0 Å². The number of nitrogens with one attached hydrogen (secondary N) is 1. The van der Waals surface area contributed by atoms with E-state index in [0.29, 0.717) is 19.3 Å². The summed E-state index contributed by atoms with van der Waals surface area (Å²) in [4.78, 5) is 0. The summed E-state index contributed by atoms with van der Waals surface area (Å²) in [6.45, 7) is 5.34. The van der Waals surface area contributed by atoms with Gasteiger partial charge in [0.05, 0.1) is 13.2 Å². The maximum absolute atomic E-state index is 5.76. The second kappa shape index (κ2) is 8.28. The van der Waals surface area contributed by atoms with Crippen LogP contribution in [0.25, 0.3) is 0 Å². The monoisotopic (exact) mass is 291 g/mol. The molecule has 0 aliphatic heterocycles. The van der Waals surface area contributed by atoms with Crippen LogP contribution in [-0.2, 0) is 0 Å². The van der Waals surface area contributed by atoms with Gasteiger partial charge in [0.15, 0.2) is 11.5 Å². The molecule has 1 saturated carbocycles. The summed E-state index contributed by atoms with van der Waals surface area (Å²) in [5.41, 5.74) is 1.32. The Hall–Kier alpha value is -1.22. The highest BCUT2D eigenvalue weighted by molar-refractivity contribution is 5.44. The van der Waals surface area contributed by atoms with Crippen molar-refractivity contribution in [1.29, 1.82) is 0 Å². The van der Waals surface area contributed by atoms with E-state index in [1.807, 2.05) is 13.8 Å². The second-order valence-electron chi connectivity index (χ2n) is 5.74. The van der Waals surface area contributed by atoms with Crippen molar-refractivity contribution < 1.29 is 9.47 Å². The van der Waals surface area contributed by atoms with E-state index in [9.17, 15) is 0 Å². The van der Waals surface area contributed by atoms with E-state index in [2.05, 4.69) is 30.6 Å². The highest BCUT2D eigenvalue weighted by Crippen LogP contribution is 2.37. The third-order valence-electron chi connectivity index (χ3n) is 4.36.